The molecule has 0 amide bonds. The van der Waals surface area contributed by atoms with E-state index in [2.05, 4.69) is 47.3 Å². The first-order chi connectivity index (χ1) is 8.83. The van der Waals surface area contributed by atoms with Crippen molar-refractivity contribution in [3.8, 4) is 11.8 Å². The van der Waals surface area contributed by atoms with E-state index in [0.29, 0.717) is 5.92 Å². The van der Waals surface area contributed by atoms with Crippen molar-refractivity contribution >= 4 is 5.69 Å². The van der Waals surface area contributed by atoms with Gasteiger partial charge in [0.1, 0.15) is 0 Å². The van der Waals surface area contributed by atoms with E-state index >= 15 is 0 Å². The van der Waals surface area contributed by atoms with Crippen molar-refractivity contribution in [1.82, 2.24) is 4.90 Å². The standard InChI is InChI=1S/C16H20N2/c1-18-11-9-13(12-18)7-8-14-4-2-6-16-15(14)5-3-10-17-16/h2,4,6,13,17H,3,5,9-12H2,1H3. The molecule has 1 N–H and O–H groups in total. The molecule has 2 heteroatoms. The third kappa shape index (κ3) is 2.37. The molecule has 0 aliphatic carbocycles. The highest BCUT2D eigenvalue weighted by Gasteiger charge is 2.17. The molecule has 18 heavy (non-hydrogen) atoms. The molecule has 2 heterocycles. The zero-order valence-electron chi connectivity index (χ0n) is 11.0. The van der Waals surface area contributed by atoms with E-state index in [1.807, 2.05) is 0 Å². The summed E-state index contributed by atoms with van der Waals surface area (Å²) >= 11 is 0. The first-order valence-electron chi connectivity index (χ1n) is 6.89. The van der Waals surface area contributed by atoms with Crippen LogP contribution >= 0.6 is 0 Å². The van der Waals surface area contributed by atoms with Gasteiger partial charge in [-0.25, -0.2) is 0 Å². The smallest absolute Gasteiger partial charge is 0.0385 e. The van der Waals surface area contributed by atoms with Crippen molar-refractivity contribution in [2.45, 2.75) is 19.3 Å². The van der Waals surface area contributed by atoms with Gasteiger partial charge < -0.3 is 10.2 Å². The van der Waals surface area contributed by atoms with Crippen molar-refractivity contribution < 1.29 is 0 Å². The van der Waals surface area contributed by atoms with Gasteiger partial charge in [0.15, 0.2) is 0 Å². The largest absolute Gasteiger partial charge is 0.385 e. The van der Waals surface area contributed by atoms with E-state index in [1.54, 1.807) is 0 Å². The Morgan fingerprint density at radius 2 is 2.33 bits per heavy atom. The lowest BCUT2D eigenvalue weighted by molar-refractivity contribution is 0.409. The second-order valence-corrected chi connectivity index (χ2v) is 5.38. The van der Waals surface area contributed by atoms with Crippen molar-refractivity contribution in [2.75, 3.05) is 32.0 Å². The van der Waals surface area contributed by atoms with E-state index < -0.39 is 0 Å². The normalized spacial score (nSPS) is 22.8. The van der Waals surface area contributed by atoms with Crippen LogP contribution in [-0.4, -0.2) is 31.6 Å². The molecule has 94 valence electrons. The summed E-state index contributed by atoms with van der Waals surface area (Å²) in [5, 5.41) is 3.46. The Morgan fingerprint density at radius 1 is 1.39 bits per heavy atom. The van der Waals surface area contributed by atoms with Crippen molar-refractivity contribution in [1.29, 1.82) is 0 Å². The van der Waals surface area contributed by atoms with Gasteiger partial charge in [0.25, 0.3) is 0 Å². The molecule has 0 aromatic heterocycles. The number of benzene rings is 1. The molecule has 1 aromatic carbocycles. The van der Waals surface area contributed by atoms with E-state index in [-0.39, 0.29) is 0 Å². The average molecular weight is 240 g/mol. The average Bonchev–Trinajstić information content (AvgIpc) is 2.82. The molecule has 0 bridgehead atoms. The Bertz CT molecular complexity index is 496. The lowest BCUT2D eigenvalue weighted by Gasteiger charge is -2.18. The quantitative estimate of drug-likeness (QED) is 0.700. The number of hydrogen-bond acceptors (Lipinski definition) is 2. The fourth-order valence-corrected chi connectivity index (χ4v) is 2.86. The Kier molecular flexibility index (Phi) is 3.25. The van der Waals surface area contributed by atoms with E-state index in [1.165, 1.54) is 36.2 Å². The van der Waals surface area contributed by atoms with Crippen LogP contribution in [0.5, 0.6) is 0 Å². The fourth-order valence-electron chi connectivity index (χ4n) is 2.86. The van der Waals surface area contributed by atoms with Gasteiger partial charge in [-0.15, -0.1) is 0 Å². The van der Waals surface area contributed by atoms with Gasteiger partial charge in [0.05, 0.1) is 0 Å². The van der Waals surface area contributed by atoms with Crippen LogP contribution in [0, 0.1) is 17.8 Å². The van der Waals surface area contributed by atoms with Gasteiger partial charge in [-0.1, -0.05) is 17.9 Å². The summed E-state index contributed by atoms with van der Waals surface area (Å²) < 4.78 is 0. The molecular weight excluding hydrogens is 220 g/mol. The van der Waals surface area contributed by atoms with Gasteiger partial charge in [-0.3, -0.25) is 0 Å². The highest BCUT2D eigenvalue weighted by atomic mass is 15.1. The van der Waals surface area contributed by atoms with Crippen LogP contribution in [0.25, 0.3) is 0 Å². The van der Waals surface area contributed by atoms with Gasteiger partial charge in [-0.05, 0) is 50.6 Å². The van der Waals surface area contributed by atoms with Crippen LogP contribution in [0.1, 0.15) is 24.0 Å². The highest BCUT2D eigenvalue weighted by molar-refractivity contribution is 5.60. The van der Waals surface area contributed by atoms with Crippen LogP contribution in [0.3, 0.4) is 0 Å². The minimum atomic E-state index is 0.558. The second-order valence-electron chi connectivity index (χ2n) is 5.38. The first kappa shape index (κ1) is 11.6. The summed E-state index contributed by atoms with van der Waals surface area (Å²) in [5.41, 5.74) is 3.94. The maximum absolute atomic E-state index is 3.46. The van der Waals surface area contributed by atoms with Crippen molar-refractivity contribution in [2.24, 2.45) is 5.92 Å². The van der Waals surface area contributed by atoms with Crippen molar-refractivity contribution in [3.05, 3.63) is 29.3 Å². The third-order valence-electron chi connectivity index (χ3n) is 3.90. The topological polar surface area (TPSA) is 15.3 Å². The van der Waals surface area contributed by atoms with Crippen LogP contribution in [0.15, 0.2) is 18.2 Å². The van der Waals surface area contributed by atoms with Crippen LogP contribution in [-0.2, 0) is 6.42 Å². The maximum atomic E-state index is 3.46. The predicted molar refractivity (Wildman–Crippen MR) is 75.7 cm³/mol. The number of rotatable bonds is 0. The maximum Gasteiger partial charge on any atom is 0.0385 e. The number of anilines is 1. The molecule has 3 rings (SSSR count). The number of hydrogen-bond donors (Lipinski definition) is 1. The summed E-state index contributed by atoms with van der Waals surface area (Å²) in [7, 11) is 2.18. The Hall–Kier alpha value is -1.46. The summed E-state index contributed by atoms with van der Waals surface area (Å²) in [4.78, 5) is 2.36. The monoisotopic (exact) mass is 240 g/mol. The fraction of sp³-hybridized carbons (Fsp3) is 0.500. The third-order valence-corrected chi connectivity index (χ3v) is 3.90. The minimum Gasteiger partial charge on any atom is -0.385 e. The zero-order chi connectivity index (χ0) is 12.4. The molecule has 1 atom stereocenters. The number of nitrogens with zero attached hydrogens (tertiary/aromatic N) is 1. The van der Waals surface area contributed by atoms with E-state index in [0.717, 1.165) is 19.5 Å². The Morgan fingerprint density at radius 3 is 3.17 bits per heavy atom. The summed E-state index contributed by atoms with van der Waals surface area (Å²) in [6, 6.07) is 6.45. The summed E-state index contributed by atoms with van der Waals surface area (Å²) in [6.07, 6.45) is 3.60. The number of fused-ring (bicyclic) bond motifs is 1. The molecule has 1 fully saturated rings. The molecule has 1 unspecified atom stereocenters. The molecule has 2 nitrogen and oxygen atoms in total. The van der Waals surface area contributed by atoms with Crippen LogP contribution in [0.4, 0.5) is 5.69 Å². The van der Waals surface area contributed by atoms with Gasteiger partial charge >= 0.3 is 0 Å². The summed E-state index contributed by atoms with van der Waals surface area (Å²) in [6.45, 7) is 3.41. The van der Waals surface area contributed by atoms with Crippen molar-refractivity contribution in [3.63, 3.8) is 0 Å². The molecule has 2 aliphatic rings. The number of likely N-dealkylation sites (tertiary alicyclic amines) is 1. The molecule has 2 aliphatic heterocycles. The lowest BCUT2D eigenvalue weighted by atomic mass is 9.97. The highest BCUT2D eigenvalue weighted by Crippen LogP contribution is 2.24. The molecule has 1 saturated heterocycles. The molecule has 0 radical (unpaired) electrons. The van der Waals surface area contributed by atoms with Gasteiger partial charge in [0.2, 0.25) is 0 Å². The molecule has 1 aromatic rings. The molecule has 0 saturated carbocycles. The Balaban J connectivity index is 1.82. The van der Waals surface area contributed by atoms with Crippen LogP contribution < -0.4 is 5.32 Å². The first-order valence-corrected chi connectivity index (χ1v) is 6.89. The van der Waals surface area contributed by atoms with Gasteiger partial charge in [0, 0.05) is 30.3 Å². The van der Waals surface area contributed by atoms with E-state index in [9.17, 15) is 0 Å². The molecular formula is C16H20N2. The number of nitrogens with one attached hydrogen (secondary N) is 1. The zero-order valence-corrected chi connectivity index (χ0v) is 11.0. The van der Waals surface area contributed by atoms with E-state index in [4.69, 9.17) is 0 Å². The Labute approximate surface area is 109 Å². The summed E-state index contributed by atoms with van der Waals surface area (Å²) in [5.74, 6) is 7.44. The second kappa shape index (κ2) is 5.04. The SMILES string of the molecule is CN1CCC(C#Cc2cccc3c2CCCN3)C1. The predicted octanol–water partition coefficient (Wildman–Crippen LogP) is 2.35. The molecule has 0 spiro atoms. The lowest BCUT2D eigenvalue weighted by Crippen LogP contribution is -2.13. The van der Waals surface area contributed by atoms with Gasteiger partial charge in [-0.2, -0.15) is 0 Å². The minimum absolute atomic E-state index is 0.558. The van der Waals surface area contributed by atoms with Crippen LogP contribution in [0.2, 0.25) is 0 Å².